The van der Waals surface area contributed by atoms with Crippen molar-refractivity contribution in [3.8, 4) is 5.75 Å². The van der Waals surface area contributed by atoms with E-state index in [-0.39, 0.29) is 42.9 Å². The topological polar surface area (TPSA) is 49.9 Å². The third-order valence-electron chi connectivity index (χ3n) is 6.13. The summed E-state index contributed by atoms with van der Waals surface area (Å²) in [6, 6.07) is 14.9. The number of amides is 2. The maximum absolute atomic E-state index is 13.5. The van der Waals surface area contributed by atoms with E-state index in [2.05, 4.69) is 0 Å². The van der Waals surface area contributed by atoms with Crippen LogP contribution < -0.4 is 4.74 Å². The van der Waals surface area contributed by atoms with Crippen molar-refractivity contribution in [2.24, 2.45) is 0 Å². The first kappa shape index (κ1) is 24.0. The van der Waals surface area contributed by atoms with Crippen LogP contribution in [0.2, 0.25) is 0 Å². The number of halogens is 1. The summed E-state index contributed by atoms with van der Waals surface area (Å²) in [4.78, 5) is 31.4. The molecule has 0 unspecified atom stereocenters. The molecular weight excluding hydrogens is 451 g/mol. The van der Waals surface area contributed by atoms with Gasteiger partial charge in [-0.25, -0.2) is 4.39 Å². The Bertz CT molecular complexity index is 1140. The second kappa shape index (κ2) is 10.4. The van der Waals surface area contributed by atoms with Crippen LogP contribution in [0, 0.1) is 12.7 Å². The lowest BCUT2D eigenvalue weighted by Crippen LogP contribution is -2.49. The van der Waals surface area contributed by atoms with Crippen LogP contribution in [0.5, 0.6) is 5.75 Å². The van der Waals surface area contributed by atoms with E-state index < -0.39 is 0 Å². The number of fused-ring (bicyclic) bond motifs is 1. The first-order chi connectivity index (χ1) is 16.3. The van der Waals surface area contributed by atoms with E-state index >= 15 is 0 Å². The maximum Gasteiger partial charge on any atom is 0.254 e. The molecule has 5 nitrogen and oxygen atoms in total. The van der Waals surface area contributed by atoms with Gasteiger partial charge in [0.25, 0.3) is 5.91 Å². The van der Waals surface area contributed by atoms with E-state index in [9.17, 15) is 14.0 Å². The summed E-state index contributed by atoms with van der Waals surface area (Å²) in [5, 5.41) is 2.03. The lowest BCUT2D eigenvalue weighted by Gasteiger charge is -2.37. The van der Waals surface area contributed by atoms with Crippen LogP contribution in [-0.4, -0.2) is 47.4 Å². The molecule has 7 heteroatoms. The minimum absolute atomic E-state index is 0.00308. The Morgan fingerprint density at radius 1 is 1.12 bits per heavy atom. The fraction of sp³-hybridized carbons (Fsp3) is 0.333. The molecule has 34 heavy (non-hydrogen) atoms. The Morgan fingerprint density at radius 3 is 2.50 bits per heavy atom. The molecule has 178 valence electrons. The lowest BCUT2D eigenvalue weighted by atomic mass is 10.00. The number of hydrogen-bond acceptors (Lipinski definition) is 4. The van der Waals surface area contributed by atoms with E-state index in [1.807, 2.05) is 49.3 Å². The zero-order chi connectivity index (χ0) is 24.2. The molecule has 2 aromatic carbocycles. The molecule has 1 atom stereocenters. The highest BCUT2D eigenvalue weighted by Gasteiger charge is 2.34. The Hall–Kier alpha value is -3.19. The molecule has 0 saturated carbocycles. The Labute approximate surface area is 203 Å². The fourth-order valence-corrected chi connectivity index (χ4v) is 5.10. The maximum atomic E-state index is 13.5. The van der Waals surface area contributed by atoms with Crippen LogP contribution in [-0.2, 0) is 11.2 Å². The van der Waals surface area contributed by atoms with Crippen molar-refractivity contribution in [1.82, 2.24) is 9.80 Å². The normalized spacial score (nSPS) is 15.2. The molecule has 0 radical (unpaired) electrons. The number of nitrogens with zero attached hydrogens (tertiary/aromatic N) is 2. The van der Waals surface area contributed by atoms with Crippen molar-refractivity contribution in [3.05, 3.63) is 87.4 Å². The summed E-state index contributed by atoms with van der Waals surface area (Å²) in [7, 11) is 0. The molecule has 0 N–H and O–H groups in total. The van der Waals surface area contributed by atoms with Gasteiger partial charge in [-0.15, -0.1) is 11.3 Å². The number of carbonyl (C=O) groups is 2. The van der Waals surface area contributed by atoms with Gasteiger partial charge in [-0.3, -0.25) is 9.59 Å². The van der Waals surface area contributed by atoms with E-state index in [4.69, 9.17) is 4.74 Å². The van der Waals surface area contributed by atoms with Crippen molar-refractivity contribution in [3.63, 3.8) is 0 Å². The Morgan fingerprint density at radius 2 is 1.82 bits per heavy atom. The lowest BCUT2D eigenvalue weighted by molar-refractivity contribution is -0.136. The predicted molar refractivity (Wildman–Crippen MR) is 132 cm³/mol. The average Bonchev–Trinajstić information content (AvgIpc) is 3.31. The summed E-state index contributed by atoms with van der Waals surface area (Å²) in [6.07, 6.45) is 0.777. The minimum Gasteiger partial charge on any atom is -0.491 e. The molecular formula is C27H29FN2O3S. The predicted octanol–water partition coefficient (Wildman–Crippen LogP) is 5.25. The van der Waals surface area contributed by atoms with Crippen LogP contribution in [0.4, 0.5) is 4.39 Å². The highest BCUT2D eigenvalue weighted by atomic mass is 32.1. The van der Waals surface area contributed by atoms with Crippen molar-refractivity contribution in [2.45, 2.75) is 39.3 Å². The van der Waals surface area contributed by atoms with Gasteiger partial charge in [0.2, 0.25) is 5.91 Å². The van der Waals surface area contributed by atoms with E-state index in [0.29, 0.717) is 17.9 Å². The second-order valence-corrected chi connectivity index (χ2v) is 9.81. The van der Waals surface area contributed by atoms with Gasteiger partial charge in [-0.2, -0.15) is 0 Å². The average molecular weight is 481 g/mol. The number of benzene rings is 2. The van der Waals surface area contributed by atoms with Crippen molar-refractivity contribution < 1.29 is 18.7 Å². The third kappa shape index (κ3) is 5.30. The first-order valence-corrected chi connectivity index (χ1v) is 12.3. The SMILES string of the molecule is Cc1ccc(C(=O)N(CC(=O)N2CCc3sccc3[C@H]2COc2ccc(F)cc2)C(C)C)cc1. The van der Waals surface area contributed by atoms with Gasteiger partial charge in [0, 0.05) is 23.0 Å². The Kier molecular flexibility index (Phi) is 7.32. The molecule has 0 bridgehead atoms. The minimum atomic E-state index is -0.325. The standard InChI is InChI=1S/C27H29FN2O3S/c1-18(2)30(27(32)20-6-4-19(3)5-7-20)16-26(31)29-14-12-25-23(13-15-34-25)24(29)17-33-22-10-8-21(28)9-11-22/h4-11,13,15,18,24H,12,14,16-17H2,1-3H3/t24-/m1/s1. The highest BCUT2D eigenvalue weighted by molar-refractivity contribution is 7.10. The first-order valence-electron chi connectivity index (χ1n) is 11.4. The molecule has 4 rings (SSSR count). The highest BCUT2D eigenvalue weighted by Crippen LogP contribution is 2.34. The van der Waals surface area contributed by atoms with Gasteiger partial charge >= 0.3 is 0 Å². The smallest absolute Gasteiger partial charge is 0.254 e. The number of ether oxygens (including phenoxy) is 1. The van der Waals surface area contributed by atoms with E-state index in [0.717, 1.165) is 17.5 Å². The summed E-state index contributed by atoms with van der Waals surface area (Å²) in [5.41, 5.74) is 2.72. The molecule has 2 heterocycles. The number of thiophene rings is 1. The summed E-state index contributed by atoms with van der Waals surface area (Å²) in [5.74, 6) is -0.0436. The number of aryl methyl sites for hydroxylation is 1. The van der Waals surface area contributed by atoms with Crippen molar-refractivity contribution >= 4 is 23.2 Å². The van der Waals surface area contributed by atoms with Crippen LogP contribution in [0.3, 0.4) is 0 Å². The summed E-state index contributed by atoms with van der Waals surface area (Å²) >= 11 is 1.68. The van der Waals surface area contributed by atoms with Gasteiger partial charge in [-0.1, -0.05) is 17.7 Å². The van der Waals surface area contributed by atoms with Gasteiger partial charge < -0.3 is 14.5 Å². The number of hydrogen-bond donors (Lipinski definition) is 0. The molecule has 2 amide bonds. The van der Waals surface area contributed by atoms with Crippen molar-refractivity contribution in [2.75, 3.05) is 19.7 Å². The Balaban J connectivity index is 1.52. The molecule has 0 saturated heterocycles. The third-order valence-corrected chi connectivity index (χ3v) is 7.12. The molecule has 3 aromatic rings. The molecule has 1 aliphatic rings. The largest absolute Gasteiger partial charge is 0.491 e. The van der Waals surface area contributed by atoms with E-state index in [1.165, 1.54) is 17.0 Å². The van der Waals surface area contributed by atoms with E-state index in [1.54, 1.807) is 40.5 Å². The van der Waals surface area contributed by atoms with Gasteiger partial charge in [0.05, 0.1) is 6.04 Å². The molecule has 0 fully saturated rings. The van der Waals surface area contributed by atoms with Crippen LogP contribution in [0.15, 0.2) is 60.0 Å². The zero-order valence-corrected chi connectivity index (χ0v) is 20.5. The summed E-state index contributed by atoms with van der Waals surface area (Å²) in [6.45, 7) is 6.63. The summed E-state index contributed by atoms with van der Waals surface area (Å²) < 4.78 is 19.2. The van der Waals surface area contributed by atoms with Crippen molar-refractivity contribution in [1.29, 1.82) is 0 Å². The van der Waals surface area contributed by atoms with Crippen LogP contribution in [0.1, 0.15) is 46.3 Å². The number of carbonyl (C=O) groups excluding carboxylic acids is 2. The van der Waals surface area contributed by atoms with Crippen LogP contribution in [0.25, 0.3) is 0 Å². The number of rotatable bonds is 7. The molecule has 0 spiro atoms. The molecule has 1 aliphatic heterocycles. The van der Waals surface area contributed by atoms with Crippen LogP contribution >= 0.6 is 11.3 Å². The zero-order valence-electron chi connectivity index (χ0n) is 19.7. The van der Waals surface area contributed by atoms with Gasteiger partial charge in [0.1, 0.15) is 24.7 Å². The quantitative estimate of drug-likeness (QED) is 0.464. The molecule has 1 aromatic heterocycles. The van der Waals surface area contributed by atoms with Gasteiger partial charge in [0.15, 0.2) is 0 Å². The molecule has 0 aliphatic carbocycles. The monoisotopic (exact) mass is 480 g/mol. The van der Waals surface area contributed by atoms with Gasteiger partial charge in [-0.05, 0) is 80.6 Å². The fourth-order valence-electron chi connectivity index (χ4n) is 4.17. The second-order valence-electron chi connectivity index (χ2n) is 8.81.